The van der Waals surface area contributed by atoms with E-state index in [4.69, 9.17) is 0 Å². The number of nitrogens with one attached hydrogen (secondary N) is 2. The van der Waals surface area contributed by atoms with Crippen LogP contribution in [0.4, 0.5) is 23.1 Å². The number of benzene rings is 1. The number of carboxylic acids is 1. The van der Waals surface area contributed by atoms with E-state index >= 15 is 0 Å². The highest BCUT2D eigenvalue weighted by molar-refractivity contribution is 7.17. The molecule has 33 heavy (non-hydrogen) atoms. The van der Waals surface area contributed by atoms with Gasteiger partial charge in [-0.15, -0.1) is 11.3 Å². The molecular formula is C24H32N6O2S. The normalized spacial score (nSPS) is 15.7. The third-order valence-electron chi connectivity index (χ3n) is 5.93. The average molecular weight is 469 g/mol. The van der Waals surface area contributed by atoms with Crippen molar-refractivity contribution in [2.45, 2.75) is 33.2 Å². The molecule has 8 nitrogen and oxygen atoms in total. The molecule has 1 fully saturated rings. The molecule has 0 unspecified atom stereocenters. The van der Waals surface area contributed by atoms with Gasteiger partial charge in [-0.25, -0.2) is 9.78 Å². The average Bonchev–Trinajstić information content (AvgIpc) is 3.15. The number of rotatable bonds is 8. The topological polar surface area (TPSA) is 93.6 Å². The third kappa shape index (κ3) is 5.54. The molecule has 1 aliphatic rings. The number of aliphatic carboxylic acids is 1. The molecular weight excluding hydrogens is 436 g/mol. The number of likely N-dealkylation sites (N-methyl/N-ethyl adjacent to an activating group) is 1. The summed E-state index contributed by atoms with van der Waals surface area (Å²) >= 11 is 1.53. The maximum atomic E-state index is 11.8. The first-order chi connectivity index (χ1) is 15.8. The Morgan fingerprint density at radius 2 is 1.85 bits per heavy atom. The number of nitrogens with zero attached hydrogens (tertiary/aromatic N) is 4. The molecule has 0 spiro atoms. The molecule has 0 amide bonds. The van der Waals surface area contributed by atoms with Gasteiger partial charge in [-0.2, -0.15) is 4.98 Å². The smallest absolute Gasteiger partial charge is 0.326 e. The van der Waals surface area contributed by atoms with Crippen LogP contribution < -0.4 is 15.5 Å². The van der Waals surface area contributed by atoms with Crippen molar-refractivity contribution < 1.29 is 9.90 Å². The molecule has 0 radical (unpaired) electrons. The predicted molar refractivity (Wildman–Crippen MR) is 136 cm³/mol. The van der Waals surface area contributed by atoms with Crippen molar-refractivity contribution in [2.24, 2.45) is 5.92 Å². The van der Waals surface area contributed by atoms with Gasteiger partial charge in [0, 0.05) is 37.6 Å². The van der Waals surface area contributed by atoms with Gasteiger partial charge in [-0.05, 0) is 61.5 Å². The van der Waals surface area contributed by atoms with E-state index < -0.39 is 12.0 Å². The Morgan fingerprint density at radius 1 is 1.15 bits per heavy atom. The second-order valence-corrected chi connectivity index (χ2v) is 9.98. The first-order valence-electron chi connectivity index (χ1n) is 11.4. The van der Waals surface area contributed by atoms with E-state index in [-0.39, 0.29) is 5.92 Å². The fourth-order valence-electron chi connectivity index (χ4n) is 4.05. The summed E-state index contributed by atoms with van der Waals surface area (Å²) in [6.45, 7) is 10.2. The lowest BCUT2D eigenvalue weighted by molar-refractivity contribution is -0.138. The van der Waals surface area contributed by atoms with E-state index in [0.29, 0.717) is 18.2 Å². The van der Waals surface area contributed by atoms with Crippen LogP contribution in [-0.4, -0.2) is 65.2 Å². The molecule has 3 aromatic rings. The number of hydrogen-bond donors (Lipinski definition) is 3. The maximum absolute atomic E-state index is 11.8. The van der Waals surface area contributed by atoms with Crippen molar-refractivity contribution in [3.05, 3.63) is 35.2 Å². The molecule has 0 saturated carbocycles. The summed E-state index contributed by atoms with van der Waals surface area (Å²) in [7, 11) is 2.15. The lowest BCUT2D eigenvalue weighted by Crippen LogP contribution is -2.44. The highest BCUT2D eigenvalue weighted by Gasteiger charge is 2.22. The Kier molecular flexibility index (Phi) is 6.99. The van der Waals surface area contributed by atoms with Crippen molar-refractivity contribution in [3.63, 3.8) is 0 Å². The summed E-state index contributed by atoms with van der Waals surface area (Å²) < 4.78 is 0. The van der Waals surface area contributed by atoms with E-state index in [0.717, 1.165) is 47.6 Å². The van der Waals surface area contributed by atoms with Crippen LogP contribution >= 0.6 is 11.3 Å². The van der Waals surface area contributed by atoms with E-state index in [1.165, 1.54) is 17.0 Å². The molecule has 3 N–H and O–H groups in total. The number of carboxylic acid groups (broad SMARTS) is 1. The van der Waals surface area contributed by atoms with Gasteiger partial charge < -0.3 is 25.5 Å². The molecule has 1 aromatic carbocycles. The van der Waals surface area contributed by atoms with E-state index in [2.05, 4.69) is 49.6 Å². The second-order valence-electron chi connectivity index (χ2n) is 9.12. The number of carbonyl (C=O) groups is 1. The zero-order valence-electron chi connectivity index (χ0n) is 19.6. The van der Waals surface area contributed by atoms with Crippen LogP contribution in [0.2, 0.25) is 0 Å². The molecule has 176 valence electrons. The molecule has 1 atom stereocenters. The molecule has 9 heteroatoms. The number of anilines is 4. The number of hydrogen-bond acceptors (Lipinski definition) is 8. The van der Waals surface area contributed by atoms with Gasteiger partial charge >= 0.3 is 5.97 Å². The molecule has 1 aliphatic heterocycles. The SMILES string of the molecule is Cc1csc2nc(Nc3ccc(N4CCN(C)CC4)cc3)nc(N[C@H](CC(C)C)C(=O)O)c12. The van der Waals surface area contributed by atoms with Gasteiger partial charge in [0.25, 0.3) is 0 Å². The lowest BCUT2D eigenvalue weighted by atomic mass is 10.0. The molecule has 0 aliphatic carbocycles. The Hall–Kier alpha value is -2.91. The van der Waals surface area contributed by atoms with Crippen LogP contribution in [0.3, 0.4) is 0 Å². The highest BCUT2D eigenvalue weighted by atomic mass is 32.1. The number of aryl methyl sites for hydroxylation is 1. The fraction of sp³-hybridized carbons (Fsp3) is 0.458. The third-order valence-corrected chi connectivity index (χ3v) is 6.92. The van der Waals surface area contributed by atoms with Crippen molar-refractivity contribution in [1.82, 2.24) is 14.9 Å². The maximum Gasteiger partial charge on any atom is 0.326 e. The van der Waals surface area contributed by atoms with E-state index in [1.54, 1.807) is 0 Å². The second kappa shape index (κ2) is 9.93. The van der Waals surface area contributed by atoms with Crippen LogP contribution in [0.5, 0.6) is 0 Å². The zero-order chi connectivity index (χ0) is 23.5. The first-order valence-corrected chi connectivity index (χ1v) is 12.2. The summed E-state index contributed by atoms with van der Waals surface area (Å²) in [5.74, 6) is 0.379. The number of piperazine rings is 1. The fourth-order valence-corrected chi connectivity index (χ4v) is 4.97. The minimum atomic E-state index is -0.877. The summed E-state index contributed by atoms with van der Waals surface area (Å²) in [5.41, 5.74) is 3.14. The van der Waals surface area contributed by atoms with Crippen molar-refractivity contribution >= 4 is 50.7 Å². The number of fused-ring (bicyclic) bond motifs is 1. The Morgan fingerprint density at radius 3 is 2.48 bits per heavy atom. The van der Waals surface area contributed by atoms with Crippen LogP contribution in [0.25, 0.3) is 10.2 Å². The first kappa shape index (κ1) is 23.3. The van der Waals surface area contributed by atoms with Crippen LogP contribution in [0.15, 0.2) is 29.6 Å². The Labute approximate surface area is 198 Å². The number of aromatic nitrogens is 2. The lowest BCUT2D eigenvalue weighted by Gasteiger charge is -2.34. The van der Waals surface area contributed by atoms with Gasteiger partial charge in [-0.1, -0.05) is 13.8 Å². The predicted octanol–water partition coefficient (Wildman–Crippen LogP) is 4.41. The van der Waals surface area contributed by atoms with E-state index in [9.17, 15) is 9.90 Å². The molecule has 0 bridgehead atoms. The van der Waals surface area contributed by atoms with Gasteiger partial charge in [0.1, 0.15) is 16.7 Å². The molecule has 2 aromatic heterocycles. The summed E-state index contributed by atoms with van der Waals surface area (Å²) in [4.78, 5) is 26.7. The molecule has 4 rings (SSSR count). The van der Waals surface area contributed by atoms with Gasteiger partial charge in [-0.3, -0.25) is 0 Å². The van der Waals surface area contributed by atoms with Crippen LogP contribution in [-0.2, 0) is 4.79 Å². The van der Waals surface area contributed by atoms with Gasteiger partial charge in [0.05, 0.1) is 5.39 Å². The minimum absolute atomic E-state index is 0.246. The monoisotopic (exact) mass is 468 g/mol. The van der Waals surface area contributed by atoms with Crippen molar-refractivity contribution in [2.75, 3.05) is 48.8 Å². The molecule has 1 saturated heterocycles. The standard InChI is InChI=1S/C24H32N6O2S/c1-15(2)13-19(23(31)32)26-21-20-16(3)14-33-22(20)28-24(27-21)25-17-5-7-18(8-6-17)30-11-9-29(4)10-12-30/h5-8,14-15,19H,9-13H2,1-4H3,(H,31,32)(H2,25,26,27,28)/t19-/m1/s1. The summed E-state index contributed by atoms with van der Waals surface area (Å²) in [5, 5.41) is 19.1. The Balaban J connectivity index is 1.56. The summed E-state index contributed by atoms with van der Waals surface area (Å²) in [6.07, 6.45) is 0.514. The number of thiophene rings is 1. The van der Waals surface area contributed by atoms with E-state index in [1.807, 2.05) is 38.3 Å². The van der Waals surface area contributed by atoms with Gasteiger partial charge in [0.2, 0.25) is 5.95 Å². The largest absolute Gasteiger partial charge is 0.480 e. The van der Waals surface area contributed by atoms with Crippen molar-refractivity contribution in [1.29, 1.82) is 0 Å². The van der Waals surface area contributed by atoms with Gasteiger partial charge in [0.15, 0.2) is 0 Å². The Bertz CT molecular complexity index is 1110. The van der Waals surface area contributed by atoms with Crippen molar-refractivity contribution in [3.8, 4) is 0 Å². The van der Waals surface area contributed by atoms with Crippen LogP contribution in [0.1, 0.15) is 25.8 Å². The molecule has 3 heterocycles. The zero-order valence-corrected chi connectivity index (χ0v) is 20.4. The quantitative estimate of drug-likeness (QED) is 0.448. The van der Waals surface area contributed by atoms with Crippen LogP contribution in [0, 0.1) is 12.8 Å². The highest BCUT2D eigenvalue weighted by Crippen LogP contribution is 2.32. The summed E-state index contributed by atoms with van der Waals surface area (Å²) in [6, 6.07) is 7.59. The minimum Gasteiger partial charge on any atom is -0.480 e.